The van der Waals surface area contributed by atoms with Crippen molar-refractivity contribution in [1.82, 2.24) is 9.88 Å². The molecule has 0 aliphatic heterocycles. The van der Waals surface area contributed by atoms with Gasteiger partial charge in [-0.1, -0.05) is 37.3 Å². The number of aromatic nitrogens is 1. The van der Waals surface area contributed by atoms with Gasteiger partial charge in [0.25, 0.3) is 5.56 Å². The number of amides is 1. The summed E-state index contributed by atoms with van der Waals surface area (Å²) in [6.45, 7) is 2.80. The van der Waals surface area contributed by atoms with Crippen LogP contribution in [0, 0.1) is 0 Å². The highest BCUT2D eigenvalue weighted by Crippen LogP contribution is 2.19. The molecule has 124 valence electrons. The molecule has 0 fully saturated rings. The molecule has 0 radical (unpaired) electrons. The van der Waals surface area contributed by atoms with Crippen LogP contribution < -0.4 is 10.9 Å². The Morgan fingerprint density at radius 1 is 1.21 bits per heavy atom. The number of carbonyl (C=O) groups is 1. The number of hydrogen-bond donors (Lipinski definition) is 1. The molecule has 1 amide bonds. The maximum Gasteiger partial charge on any atom is 0.294 e. The van der Waals surface area contributed by atoms with Crippen molar-refractivity contribution in [3.8, 4) is 0 Å². The lowest BCUT2D eigenvalue weighted by Crippen LogP contribution is -2.33. The standard InChI is InChI=1S/C19H20N2O3/c1-2-16(14-6-4-3-5-7-14)18(22)20-10-12-21-11-8-15-9-13-24-17(15)19(21)23/h3-9,11,13,16H,2,10,12H2,1H3,(H,20,22)/t16-/m0/s1. The Labute approximate surface area is 139 Å². The average Bonchev–Trinajstić information content (AvgIpc) is 3.08. The molecule has 0 spiro atoms. The quantitative estimate of drug-likeness (QED) is 0.758. The van der Waals surface area contributed by atoms with E-state index < -0.39 is 0 Å². The van der Waals surface area contributed by atoms with Gasteiger partial charge < -0.3 is 14.3 Å². The van der Waals surface area contributed by atoms with Gasteiger partial charge in [-0.05, 0) is 24.1 Å². The van der Waals surface area contributed by atoms with Gasteiger partial charge in [0.15, 0.2) is 5.58 Å². The summed E-state index contributed by atoms with van der Waals surface area (Å²) in [5.41, 5.74) is 1.17. The van der Waals surface area contributed by atoms with Gasteiger partial charge in [0.05, 0.1) is 12.2 Å². The van der Waals surface area contributed by atoms with Crippen LogP contribution in [0.5, 0.6) is 0 Å². The molecule has 0 aliphatic carbocycles. The van der Waals surface area contributed by atoms with Crippen LogP contribution in [-0.4, -0.2) is 17.0 Å². The molecule has 0 unspecified atom stereocenters. The van der Waals surface area contributed by atoms with Gasteiger partial charge in [-0.25, -0.2) is 0 Å². The largest absolute Gasteiger partial charge is 0.459 e. The topological polar surface area (TPSA) is 64.2 Å². The lowest BCUT2D eigenvalue weighted by Gasteiger charge is -2.15. The van der Waals surface area contributed by atoms with Crippen LogP contribution in [0.3, 0.4) is 0 Å². The fourth-order valence-electron chi connectivity index (χ4n) is 2.85. The molecule has 1 aromatic carbocycles. The van der Waals surface area contributed by atoms with Crippen LogP contribution in [0.1, 0.15) is 24.8 Å². The third kappa shape index (κ3) is 3.25. The number of nitrogens with zero attached hydrogens (tertiary/aromatic N) is 1. The van der Waals surface area contributed by atoms with Crippen molar-refractivity contribution in [2.24, 2.45) is 0 Å². The summed E-state index contributed by atoms with van der Waals surface area (Å²) in [7, 11) is 0. The van der Waals surface area contributed by atoms with Crippen molar-refractivity contribution in [2.45, 2.75) is 25.8 Å². The van der Waals surface area contributed by atoms with E-state index in [-0.39, 0.29) is 17.4 Å². The molecule has 1 N–H and O–H groups in total. The maximum absolute atomic E-state index is 12.4. The summed E-state index contributed by atoms with van der Waals surface area (Å²) in [4.78, 5) is 24.6. The molecule has 5 nitrogen and oxygen atoms in total. The van der Waals surface area contributed by atoms with Crippen molar-refractivity contribution in [3.05, 3.63) is 70.8 Å². The van der Waals surface area contributed by atoms with E-state index in [2.05, 4.69) is 5.32 Å². The predicted molar refractivity (Wildman–Crippen MR) is 93.0 cm³/mol. The Balaban J connectivity index is 1.63. The number of nitrogens with one attached hydrogen (secondary N) is 1. The van der Waals surface area contributed by atoms with Crippen LogP contribution in [0.25, 0.3) is 11.0 Å². The van der Waals surface area contributed by atoms with E-state index in [0.29, 0.717) is 18.7 Å². The van der Waals surface area contributed by atoms with Gasteiger partial charge in [0, 0.05) is 24.7 Å². The normalized spacial score (nSPS) is 12.2. The van der Waals surface area contributed by atoms with E-state index in [0.717, 1.165) is 17.4 Å². The second-order valence-electron chi connectivity index (χ2n) is 5.68. The molecule has 3 aromatic rings. The first kappa shape index (κ1) is 16.1. The highest BCUT2D eigenvalue weighted by molar-refractivity contribution is 5.83. The summed E-state index contributed by atoms with van der Waals surface area (Å²) in [5, 5.41) is 3.71. The number of hydrogen-bond acceptors (Lipinski definition) is 3. The van der Waals surface area contributed by atoms with Crippen molar-refractivity contribution in [3.63, 3.8) is 0 Å². The van der Waals surface area contributed by atoms with E-state index >= 15 is 0 Å². The number of rotatable bonds is 6. The molecule has 2 heterocycles. The van der Waals surface area contributed by atoms with Crippen molar-refractivity contribution in [1.29, 1.82) is 0 Å². The van der Waals surface area contributed by atoms with Crippen LogP contribution in [0.4, 0.5) is 0 Å². The van der Waals surface area contributed by atoms with E-state index in [9.17, 15) is 9.59 Å². The SMILES string of the molecule is CC[C@H](C(=O)NCCn1ccc2ccoc2c1=O)c1ccccc1. The summed E-state index contributed by atoms with van der Waals surface area (Å²) in [6, 6.07) is 13.3. The van der Waals surface area contributed by atoms with Gasteiger partial charge in [-0.3, -0.25) is 9.59 Å². The molecule has 3 rings (SSSR count). The minimum absolute atomic E-state index is 0.0178. The second-order valence-corrected chi connectivity index (χ2v) is 5.68. The molecule has 0 saturated carbocycles. The molecule has 0 aliphatic rings. The molecular weight excluding hydrogens is 304 g/mol. The van der Waals surface area contributed by atoms with Gasteiger partial charge in [-0.2, -0.15) is 0 Å². The number of carbonyl (C=O) groups excluding carboxylic acids is 1. The Morgan fingerprint density at radius 3 is 2.75 bits per heavy atom. The molecule has 2 aromatic heterocycles. The monoisotopic (exact) mass is 324 g/mol. The summed E-state index contributed by atoms with van der Waals surface area (Å²) in [5.74, 6) is -0.189. The van der Waals surface area contributed by atoms with Crippen molar-refractivity contribution < 1.29 is 9.21 Å². The number of pyridine rings is 1. The third-order valence-corrected chi connectivity index (χ3v) is 4.16. The average molecular weight is 324 g/mol. The van der Waals surface area contributed by atoms with Crippen molar-refractivity contribution >= 4 is 16.9 Å². The number of benzene rings is 1. The minimum atomic E-state index is -0.179. The van der Waals surface area contributed by atoms with Gasteiger partial charge in [-0.15, -0.1) is 0 Å². The minimum Gasteiger partial charge on any atom is -0.459 e. The lowest BCUT2D eigenvalue weighted by molar-refractivity contribution is -0.122. The molecule has 5 heteroatoms. The first-order chi connectivity index (χ1) is 11.7. The fraction of sp³-hybridized carbons (Fsp3) is 0.263. The lowest BCUT2D eigenvalue weighted by atomic mass is 9.96. The van der Waals surface area contributed by atoms with Gasteiger partial charge in [0.1, 0.15) is 0 Å². The van der Waals surface area contributed by atoms with Crippen LogP contribution in [-0.2, 0) is 11.3 Å². The van der Waals surface area contributed by atoms with E-state index in [1.54, 1.807) is 16.8 Å². The number of furan rings is 1. The molecule has 24 heavy (non-hydrogen) atoms. The third-order valence-electron chi connectivity index (χ3n) is 4.16. The first-order valence-corrected chi connectivity index (χ1v) is 8.10. The summed E-state index contributed by atoms with van der Waals surface area (Å²) >= 11 is 0. The van der Waals surface area contributed by atoms with Crippen LogP contribution >= 0.6 is 0 Å². The van der Waals surface area contributed by atoms with Crippen LogP contribution in [0.15, 0.2) is 64.1 Å². The smallest absolute Gasteiger partial charge is 0.294 e. The molecule has 0 saturated heterocycles. The summed E-state index contributed by atoms with van der Waals surface area (Å²) < 4.78 is 6.76. The molecule has 0 bridgehead atoms. The van der Waals surface area contributed by atoms with E-state index in [1.165, 1.54) is 6.26 Å². The molecular formula is C19H20N2O3. The van der Waals surface area contributed by atoms with E-state index in [4.69, 9.17) is 4.42 Å². The highest BCUT2D eigenvalue weighted by atomic mass is 16.3. The van der Waals surface area contributed by atoms with Crippen molar-refractivity contribution in [2.75, 3.05) is 6.54 Å². The highest BCUT2D eigenvalue weighted by Gasteiger charge is 2.17. The Kier molecular flexibility index (Phi) is 4.79. The Morgan fingerprint density at radius 2 is 2.00 bits per heavy atom. The maximum atomic E-state index is 12.4. The van der Waals surface area contributed by atoms with Gasteiger partial charge >= 0.3 is 0 Å². The Bertz CT molecular complexity index is 880. The zero-order valence-electron chi connectivity index (χ0n) is 13.6. The summed E-state index contributed by atoms with van der Waals surface area (Å²) in [6.07, 6.45) is 3.96. The first-order valence-electron chi connectivity index (χ1n) is 8.10. The Hall–Kier alpha value is -2.82. The zero-order valence-corrected chi connectivity index (χ0v) is 13.6. The predicted octanol–water partition coefficient (Wildman–Crippen LogP) is 2.90. The zero-order chi connectivity index (χ0) is 16.9. The fourth-order valence-corrected chi connectivity index (χ4v) is 2.85. The molecule has 1 atom stereocenters. The van der Waals surface area contributed by atoms with Crippen LogP contribution in [0.2, 0.25) is 0 Å². The number of fused-ring (bicyclic) bond motifs is 1. The van der Waals surface area contributed by atoms with Gasteiger partial charge in [0.2, 0.25) is 5.91 Å². The second kappa shape index (κ2) is 7.17. The van der Waals surface area contributed by atoms with E-state index in [1.807, 2.05) is 43.3 Å².